The number of nitrogens with two attached hydrogens (primary N) is 2. The van der Waals surface area contributed by atoms with Crippen LogP contribution >= 0.6 is 0 Å². The van der Waals surface area contributed by atoms with Gasteiger partial charge < -0.3 is 103 Å². The van der Waals surface area contributed by atoms with Crippen molar-refractivity contribution in [2.75, 3.05) is 144 Å². The number of allylic oxidation sites excluding steroid dienone is 5. The normalized spacial score (nSPS) is 25.7. The quantitative estimate of drug-likeness (QED) is 0.00932. The van der Waals surface area contributed by atoms with Crippen LogP contribution in [0.5, 0.6) is 0 Å². The van der Waals surface area contributed by atoms with Crippen LogP contribution in [0.2, 0.25) is 0 Å². The topological polar surface area (TPSA) is 414 Å². The van der Waals surface area contributed by atoms with Crippen molar-refractivity contribution in [2.45, 2.75) is 212 Å². The van der Waals surface area contributed by atoms with Crippen molar-refractivity contribution in [3.05, 3.63) is 107 Å². The lowest BCUT2D eigenvalue weighted by Crippen LogP contribution is -2.61. The molecule has 3 aromatic heterocycles. The number of anilines is 2. The number of oxazole rings is 1. The van der Waals surface area contributed by atoms with Crippen LogP contribution in [-0.4, -0.2) is 266 Å². The summed E-state index contributed by atoms with van der Waals surface area (Å²) in [5.74, 6) is -6.40. The van der Waals surface area contributed by atoms with Crippen LogP contribution < -0.4 is 16.8 Å². The number of ketones is 2. The third-order valence-corrected chi connectivity index (χ3v) is 23.6. The molecule has 0 spiro atoms. The number of amides is 3. The molecule has 3 amide bonds. The van der Waals surface area contributed by atoms with Gasteiger partial charge in [0.1, 0.15) is 47.4 Å². The Balaban J connectivity index is 0.517. The summed E-state index contributed by atoms with van der Waals surface area (Å²) >= 11 is 0. The van der Waals surface area contributed by atoms with Crippen molar-refractivity contribution in [1.29, 1.82) is 0 Å². The Morgan fingerprint density at radius 2 is 1.41 bits per heavy atom. The Hall–Kier alpha value is -8.48. The van der Waals surface area contributed by atoms with Crippen LogP contribution in [0.4, 0.5) is 16.6 Å². The number of hydrogen-bond donors (Lipinski definition) is 6. The van der Waals surface area contributed by atoms with E-state index in [1.165, 1.54) is 16.8 Å². The number of aliphatic hydroxyl groups excluding tert-OH is 2. The summed E-state index contributed by atoms with van der Waals surface area (Å²) in [7, 11) is 1.58. The van der Waals surface area contributed by atoms with Crippen molar-refractivity contribution < 1.29 is 105 Å². The standard InChI is InChI=1S/C90H130N10O22/c1-59-13-9-8-10-14-60(2)78(110-7)54-72-24-16-64(6)90(109,122-72)83(105)86(106)99-31-12-11-15-74(99)87(107)120-79(63(5)50-62(4)76(103)55-75(102)61(3)49-59)53-70(101)23-18-65-19-25-71(26-20-65)119-89(108)93-30-34-112-36-38-114-40-42-116-44-46-118-48-47-117-45-43-115-41-39-113-37-35-111-33-29-80(104)98-32-28-67-51-66(17-21-69(67)57-98)56-100-85-81(84(91)94-58-95-85)82(97-100)68-22-27-77-73(52-68)96-88(92)121-77/h8-10,13-14,17,21-22,27,50-52,58-59,61,63-65,70-72,74,76,78-79,101,103,109H,11-12,15-16,18-20,23-26,28-49,53-57H2,1-7H3,(H2,92,96)(H,93,108)(H2,91,94,95)/b10-8+,13-9+,60-14?,62-50+/t59?,61?,63?,64-,65?,70?,71?,72?,74+,76?,78?,79?,90-/m1/s1. The molecule has 10 rings (SSSR count). The number of Topliss-reactive ketones (excluding diaryl/α,β-unsaturated/α-hetero) is 2. The fourth-order valence-corrected chi connectivity index (χ4v) is 16.4. The van der Waals surface area contributed by atoms with E-state index < -0.39 is 77.9 Å². The predicted octanol–water partition coefficient (Wildman–Crippen LogP) is 9.48. The second kappa shape index (κ2) is 49.3. The monoisotopic (exact) mass is 1700 g/mol. The van der Waals surface area contributed by atoms with Crippen LogP contribution in [0, 0.1) is 29.6 Å². The van der Waals surface area contributed by atoms with Gasteiger partial charge in [0.05, 0.1) is 148 Å². The maximum atomic E-state index is 14.5. The lowest BCUT2D eigenvalue weighted by Gasteiger charge is -2.42. The number of carbonyl (C=O) groups excluding carboxylic acids is 6. The van der Waals surface area contributed by atoms with Crippen LogP contribution in [0.25, 0.3) is 33.4 Å². The average molecular weight is 1700 g/mol. The molecule has 8 unspecified atom stereocenters. The number of hydrogen-bond acceptors (Lipinski definition) is 28. The number of benzene rings is 2. The largest absolute Gasteiger partial charge is 0.460 e. The Kier molecular flexibility index (Phi) is 38.7. The number of aliphatic hydroxyl groups is 3. The number of fused-ring (bicyclic) bond motifs is 6. The number of carbonyl (C=O) groups is 6. The molecule has 1 aliphatic carbocycles. The molecule has 2 saturated heterocycles. The molecular formula is C90H130N10O22. The fourth-order valence-electron chi connectivity index (χ4n) is 16.4. The molecular weight excluding hydrogens is 1570 g/mol. The molecule has 32 nitrogen and oxygen atoms in total. The van der Waals surface area contributed by atoms with E-state index in [9.17, 15) is 44.1 Å². The second-order valence-electron chi connectivity index (χ2n) is 32.9. The van der Waals surface area contributed by atoms with Gasteiger partial charge in [-0.05, 0) is 155 Å². The highest BCUT2D eigenvalue weighted by Crippen LogP contribution is 2.39. The minimum absolute atomic E-state index is 0.0280. The van der Waals surface area contributed by atoms with Crippen molar-refractivity contribution >= 4 is 69.4 Å². The number of alkyl carbamates (subject to hydrolysis) is 1. The third kappa shape index (κ3) is 29.1. The molecule has 7 heterocycles. The molecule has 2 bridgehead atoms. The van der Waals surface area contributed by atoms with Crippen molar-refractivity contribution in [1.82, 2.24) is 39.8 Å². The number of esters is 1. The molecule has 4 aliphatic heterocycles. The zero-order valence-corrected chi connectivity index (χ0v) is 72.2. The summed E-state index contributed by atoms with van der Waals surface area (Å²) in [6, 6.07) is 10.8. The van der Waals surface area contributed by atoms with E-state index >= 15 is 0 Å². The molecule has 672 valence electrons. The van der Waals surface area contributed by atoms with Gasteiger partial charge in [0, 0.05) is 75.9 Å². The van der Waals surface area contributed by atoms with Crippen molar-refractivity contribution in [2.24, 2.45) is 29.6 Å². The lowest BCUT2D eigenvalue weighted by atomic mass is 9.83. The summed E-state index contributed by atoms with van der Waals surface area (Å²) < 4.78 is 76.4. The lowest BCUT2D eigenvalue weighted by molar-refractivity contribution is -0.265. The Bertz CT molecular complexity index is 4290. The maximum Gasteiger partial charge on any atom is 0.407 e. The molecule has 3 fully saturated rings. The number of nitrogens with one attached hydrogen (secondary N) is 1. The first-order valence-electron chi connectivity index (χ1n) is 43.6. The molecule has 5 aliphatic rings. The van der Waals surface area contributed by atoms with Crippen LogP contribution in [-0.2, 0) is 100 Å². The fraction of sp³-hybridized carbons (Fsp3) is 0.644. The van der Waals surface area contributed by atoms with Gasteiger partial charge in [-0.3, -0.25) is 19.2 Å². The molecule has 5 aromatic rings. The summed E-state index contributed by atoms with van der Waals surface area (Å²) in [5, 5.41) is 43.5. The summed E-state index contributed by atoms with van der Waals surface area (Å²) in [4.78, 5) is 98.8. The summed E-state index contributed by atoms with van der Waals surface area (Å²) in [6.45, 7) is 19.1. The van der Waals surface area contributed by atoms with E-state index in [0.29, 0.717) is 222 Å². The summed E-state index contributed by atoms with van der Waals surface area (Å²) in [6.07, 6.45) is 16.1. The van der Waals surface area contributed by atoms with E-state index in [0.717, 1.165) is 41.5 Å². The van der Waals surface area contributed by atoms with Gasteiger partial charge in [0.2, 0.25) is 11.7 Å². The van der Waals surface area contributed by atoms with E-state index in [4.69, 9.17) is 77.8 Å². The molecule has 8 N–H and O–H groups in total. The van der Waals surface area contributed by atoms with Gasteiger partial charge in [-0.2, -0.15) is 10.1 Å². The van der Waals surface area contributed by atoms with Crippen LogP contribution in [0.15, 0.2) is 94.7 Å². The average Bonchev–Trinajstić information content (AvgIpc) is 1.50. The summed E-state index contributed by atoms with van der Waals surface area (Å²) in [5.41, 5.74) is 20.1. The first-order chi connectivity index (χ1) is 58.9. The second-order valence-corrected chi connectivity index (χ2v) is 32.9. The van der Waals surface area contributed by atoms with E-state index in [1.807, 2.05) is 79.8 Å². The Morgan fingerprint density at radius 3 is 2.09 bits per heavy atom. The molecule has 32 heteroatoms. The number of ether oxygens (including phenoxy) is 12. The maximum absolute atomic E-state index is 14.5. The van der Waals surface area contributed by atoms with Crippen molar-refractivity contribution in [3.63, 3.8) is 0 Å². The van der Waals surface area contributed by atoms with Gasteiger partial charge >= 0.3 is 12.1 Å². The van der Waals surface area contributed by atoms with Gasteiger partial charge in [0.15, 0.2) is 11.2 Å². The highest BCUT2D eigenvalue weighted by Gasteiger charge is 2.53. The van der Waals surface area contributed by atoms with Crippen LogP contribution in [0.3, 0.4) is 0 Å². The number of cyclic esters (lactones) is 1. The Morgan fingerprint density at radius 1 is 0.738 bits per heavy atom. The van der Waals surface area contributed by atoms with E-state index in [2.05, 4.69) is 38.5 Å². The number of piperidine rings is 1. The predicted molar refractivity (Wildman–Crippen MR) is 454 cm³/mol. The molecule has 11 atom stereocenters. The molecule has 0 radical (unpaired) electrons. The molecule has 1 saturated carbocycles. The minimum Gasteiger partial charge on any atom is -0.460 e. The minimum atomic E-state index is -2.44. The van der Waals surface area contributed by atoms with Crippen molar-refractivity contribution in [3.8, 4) is 11.3 Å². The van der Waals surface area contributed by atoms with Gasteiger partial charge in [0.25, 0.3) is 17.7 Å². The number of nitrogen functional groups attached to an aromatic ring is 2. The smallest absolute Gasteiger partial charge is 0.407 e. The first kappa shape index (κ1) is 95.7. The zero-order valence-electron chi connectivity index (χ0n) is 72.2. The number of nitrogens with zero attached hydrogens (tertiary/aromatic N) is 7. The SMILES string of the molecule is COC1CC2CC[C@@H](C)[C@@](O)(O2)C(=O)C(=O)N2CCCC[C@H]2C(=O)OC(CC(O)CCC2CCC(OC(=O)NCCOCCOCCOCCOCCOCCOCCOCCOCCC(=O)N3CCc4cc(Cn5nc(-c6ccc7oc(N)nc7c6)c6c(N)ncnc65)ccc4C3)CC2)C(C)/C=C(\C)C(O)CC(=O)C(C)CC(C)/C=C/C=C/C=C1C. The molecule has 122 heavy (non-hydrogen) atoms. The van der Waals surface area contributed by atoms with Gasteiger partial charge in [-0.1, -0.05) is 82.4 Å². The highest BCUT2D eigenvalue weighted by atomic mass is 16.6. The number of rotatable bonds is 37. The first-order valence-corrected chi connectivity index (χ1v) is 43.6. The zero-order chi connectivity index (χ0) is 86.9. The van der Waals surface area contributed by atoms with E-state index in [1.54, 1.807) is 33.1 Å². The number of aromatic nitrogens is 5. The highest BCUT2D eigenvalue weighted by molar-refractivity contribution is 6.39. The van der Waals surface area contributed by atoms with Gasteiger partial charge in [-0.15, -0.1) is 0 Å². The van der Waals surface area contributed by atoms with Crippen LogP contribution in [0.1, 0.15) is 161 Å². The number of methoxy groups -OCH3 is 1. The van der Waals surface area contributed by atoms with Gasteiger partial charge in [-0.25, -0.2) is 24.2 Å². The van der Waals surface area contributed by atoms with E-state index in [-0.39, 0.29) is 86.9 Å². The molecule has 2 aromatic carbocycles. The third-order valence-electron chi connectivity index (χ3n) is 23.6. The Labute approximate surface area is 715 Å².